The van der Waals surface area contributed by atoms with Crippen LogP contribution in [0.25, 0.3) is 0 Å². The number of aliphatic hydroxyl groups excluding tert-OH is 1. The molecule has 2 aliphatic carbocycles. The molecule has 2 rings (SSSR count). The van der Waals surface area contributed by atoms with Crippen LogP contribution in [0.2, 0.25) is 0 Å². The lowest BCUT2D eigenvalue weighted by atomic mass is 9.87. The van der Waals surface area contributed by atoms with Crippen LogP contribution in [0, 0.1) is 11.3 Å². The van der Waals surface area contributed by atoms with Crippen molar-refractivity contribution in [1.82, 2.24) is 5.32 Å². The van der Waals surface area contributed by atoms with Crippen LogP contribution in [-0.4, -0.2) is 38.0 Å². The Kier molecular flexibility index (Phi) is 4.22. The number of aliphatic hydroxyl groups is 1. The molecular formula is C13H25NO2. The first-order valence-electron chi connectivity index (χ1n) is 6.63. The van der Waals surface area contributed by atoms with Gasteiger partial charge in [-0.05, 0) is 31.6 Å². The maximum absolute atomic E-state index is 9.54. The Bertz CT molecular complexity index is 210. The summed E-state index contributed by atoms with van der Waals surface area (Å²) in [7, 11) is 1.77. The second-order valence-corrected chi connectivity index (χ2v) is 5.65. The minimum atomic E-state index is 0.168. The average molecular weight is 227 g/mol. The molecule has 0 aromatic carbocycles. The van der Waals surface area contributed by atoms with Gasteiger partial charge in [-0.15, -0.1) is 0 Å². The van der Waals surface area contributed by atoms with Gasteiger partial charge in [-0.25, -0.2) is 0 Å². The van der Waals surface area contributed by atoms with Gasteiger partial charge in [-0.1, -0.05) is 12.8 Å². The van der Waals surface area contributed by atoms with E-state index < -0.39 is 0 Å². The topological polar surface area (TPSA) is 41.5 Å². The third-order valence-electron chi connectivity index (χ3n) is 4.28. The molecule has 0 saturated heterocycles. The Hall–Kier alpha value is -0.120. The number of hydrogen-bond acceptors (Lipinski definition) is 3. The van der Waals surface area contributed by atoms with E-state index in [-0.39, 0.29) is 5.41 Å². The van der Waals surface area contributed by atoms with Crippen LogP contribution in [0.3, 0.4) is 0 Å². The van der Waals surface area contributed by atoms with Crippen LogP contribution in [0.15, 0.2) is 0 Å². The standard InChI is InChI=1S/C13H25NO2/c1-16-8-12(11-4-5-11)14-9-13(10-15)6-2-3-7-13/h11-12,14-15H,2-10H2,1H3. The van der Waals surface area contributed by atoms with E-state index in [1.807, 2.05) is 0 Å². The highest BCUT2D eigenvalue weighted by Gasteiger charge is 2.36. The van der Waals surface area contributed by atoms with Gasteiger partial charge in [0.25, 0.3) is 0 Å². The fraction of sp³-hybridized carbons (Fsp3) is 1.00. The van der Waals surface area contributed by atoms with E-state index in [9.17, 15) is 5.11 Å². The normalized spacial score (nSPS) is 25.9. The predicted octanol–water partition coefficient (Wildman–Crippen LogP) is 1.55. The summed E-state index contributed by atoms with van der Waals surface area (Å²) in [4.78, 5) is 0. The highest BCUT2D eigenvalue weighted by atomic mass is 16.5. The highest BCUT2D eigenvalue weighted by Crippen LogP contribution is 2.38. The molecule has 0 amide bonds. The van der Waals surface area contributed by atoms with Crippen molar-refractivity contribution in [2.24, 2.45) is 11.3 Å². The van der Waals surface area contributed by atoms with Crippen LogP contribution in [0.4, 0.5) is 0 Å². The molecule has 2 saturated carbocycles. The molecule has 3 nitrogen and oxygen atoms in total. The second-order valence-electron chi connectivity index (χ2n) is 5.65. The number of nitrogens with one attached hydrogen (secondary N) is 1. The average Bonchev–Trinajstić information content (AvgIpc) is 3.04. The van der Waals surface area contributed by atoms with E-state index in [0.29, 0.717) is 12.6 Å². The first-order valence-corrected chi connectivity index (χ1v) is 6.63. The van der Waals surface area contributed by atoms with Gasteiger partial charge in [0.15, 0.2) is 0 Å². The van der Waals surface area contributed by atoms with Gasteiger partial charge in [0.05, 0.1) is 6.61 Å². The van der Waals surface area contributed by atoms with Crippen LogP contribution >= 0.6 is 0 Å². The lowest BCUT2D eigenvalue weighted by molar-refractivity contribution is 0.107. The molecule has 0 heterocycles. The van der Waals surface area contributed by atoms with Crippen molar-refractivity contribution in [1.29, 1.82) is 0 Å². The van der Waals surface area contributed by atoms with Crippen LogP contribution < -0.4 is 5.32 Å². The van der Waals surface area contributed by atoms with E-state index in [1.54, 1.807) is 7.11 Å². The van der Waals surface area contributed by atoms with Gasteiger partial charge in [0, 0.05) is 31.7 Å². The van der Waals surface area contributed by atoms with E-state index in [0.717, 1.165) is 19.1 Å². The monoisotopic (exact) mass is 227 g/mol. The number of ether oxygens (including phenoxy) is 1. The van der Waals surface area contributed by atoms with Crippen molar-refractivity contribution in [3.05, 3.63) is 0 Å². The molecule has 0 bridgehead atoms. The summed E-state index contributed by atoms with van der Waals surface area (Å²) in [6.45, 7) is 2.12. The number of hydrogen-bond donors (Lipinski definition) is 2. The molecule has 0 aliphatic heterocycles. The fourth-order valence-corrected chi connectivity index (χ4v) is 2.90. The summed E-state index contributed by atoms with van der Waals surface area (Å²) in [5, 5.41) is 13.2. The van der Waals surface area contributed by atoms with Crippen molar-refractivity contribution >= 4 is 0 Å². The second kappa shape index (κ2) is 5.48. The Morgan fingerprint density at radius 3 is 2.56 bits per heavy atom. The SMILES string of the molecule is COCC(NCC1(CO)CCCC1)C1CC1. The Morgan fingerprint density at radius 2 is 2.06 bits per heavy atom. The summed E-state index contributed by atoms with van der Waals surface area (Å²) in [6.07, 6.45) is 7.60. The van der Waals surface area contributed by atoms with E-state index in [2.05, 4.69) is 5.32 Å². The lowest BCUT2D eigenvalue weighted by Gasteiger charge is -2.29. The van der Waals surface area contributed by atoms with Gasteiger partial charge < -0.3 is 15.2 Å². The maximum atomic E-state index is 9.54. The highest BCUT2D eigenvalue weighted by molar-refractivity contribution is 4.91. The van der Waals surface area contributed by atoms with Crippen molar-refractivity contribution in [2.75, 3.05) is 26.9 Å². The smallest absolute Gasteiger partial charge is 0.0618 e. The van der Waals surface area contributed by atoms with E-state index >= 15 is 0 Å². The fourth-order valence-electron chi connectivity index (χ4n) is 2.90. The van der Waals surface area contributed by atoms with Crippen LogP contribution in [-0.2, 0) is 4.74 Å². The first-order chi connectivity index (χ1) is 7.79. The van der Waals surface area contributed by atoms with E-state index in [1.165, 1.54) is 38.5 Å². The third kappa shape index (κ3) is 2.96. The molecule has 2 N–H and O–H groups in total. The zero-order chi connectivity index (χ0) is 11.4. The van der Waals surface area contributed by atoms with Crippen molar-refractivity contribution < 1.29 is 9.84 Å². The Morgan fingerprint density at radius 1 is 1.38 bits per heavy atom. The van der Waals surface area contributed by atoms with Crippen LogP contribution in [0.5, 0.6) is 0 Å². The van der Waals surface area contributed by atoms with Crippen molar-refractivity contribution in [3.8, 4) is 0 Å². The molecule has 1 atom stereocenters. The largest absolute Gasteiger partial charge is 0.396 e. The molecule has 16 heavy (non-hydrogen) atoms. The molecular weight excluding hydrogens is 202 g/mol. The Labute approximate surface area is 98.6 Å². The quantitative estimate of drug-likeness (QED) is 0.693. The third-order valence-corrected chi connectivity index (χ3v) is 4.28. The lowest BCUT2D eigenvalue weighted by Crippen LogP contribution is -2.43. The molecule has 0 radical (unpaired) electrons. The molecule has 0 spiro atoms. The first kappa shape index (κ1) is 12.3. The van der Waals surface area contributed by atoms with E-state index in [4.69, 9.17) is 4.74 Å². The summed E-state index contributed by atoms with van der Waals surface area (Å²) in [5.41, 5.74) is 0.168. The minimum absolute atomic E-state index is 0.168. The molecule has 2 fully saturated rings. The van der Waals surface area contributed by atoms with Gasteiger partial charge in [-0.3, -0.25) is 0 Å². The van der Waals surface area contributed by atoms with Crippen molar-refractivity contribution in [2.45, 2.75) is 44.6 Å². The molecule has 0 aromatic rings. The van der Waals surface area contributed by atoms with Gasteiger partial charge in [0.1, 0.15) is 0 Å². The number of rotatable bonds is 7. The summed E-state index contributed by atoms with van der Waals surface area (Å²) in [5.74, 6) is 0.817. The summed E-state index contributed by atoms with van der Waals surface area (Å²) in [6, 6.07) is 0.508. The maximum Gasteiger partial charge on any atom is 0.0618 e. The Balaban J connectivity index is 1.79. The van der Waals surface area contributed by atoms with Crippen LogP contribution in [0.1, 0.15) is 38.5 Å². The van der Waals surface area contributed by atoms with Gasteiger partial charge >= 0.3 is 0 Å². The van der Waals surface area contributed by atoms with Gasteiger partial charge in [-0.2, -0.15) is 0 Å². The number of methoxy groups -OCH3 is 1. The molecule has 2 aliphatic rings. The molecule has 1 unspecified atom stereocenters. The molecule has 0 aromatic heterocycles. The molecule has 94 valence electrons. The predicted molar refractivity (Wildman–Crippen MR) is 64.4 cm³/mol. The van der Waals surface area contributed by atoms with Crippen molar-refractivity contribution in [3.63, 3.8) is 0 Å². The summed E-state index contributed by atoms with van der Waals surface area (Å²) >= 11 is 0. The zero-order valence-corrected chi connectivity index (χ0v) is 10.4. The molecule has 3 heteroatoms. The zero-order valence-electron chi connectivity index (χ0n) is 10.4. The minimum Gasteiger partial charge on any atom is -0.396 e. The summed E-state index contributed by atoms with van der Waals surface area (Å²) < 4.78 is 5.26. The van der Waals surface area contributed by atoms with Gasteiger partial charge in [0.2, 0.25) is 0 Å².